The molecule has 0 radical (unpaired) electrons. The van der Waals surface area contributed by atoms with Gasteiger partial charge < -0.3 is 4.74 Å². The largest absolute Gasteiger partial charge is 0.457 e. The molecule has 0 atom stereocenters. The fraction of sp³-hybridized carbons (Fsp3) is 0.200. The summed E-state index contributed by atoms with van der Waals surface area (Å²) < 4.78 is 29.9. The molecule has 1 rings (SSSR count). The maximum atomic E-state index is 13.0. The third kappa shape index (κ3) is 3.12. The van der Waals surface area contributed by atoms with Gasteiger partial charge in [-0.15, -0.1) is 0 Å². The van der Waals surface area contributed by atoms with E-state index in [0.29, 0.717) is 6.07 Å². The lowest BCUT2D eigenvalue weighted by molar-refractivity contribution is -0.139. The quantitative estimate of drug-likeness (QED) is 0.568. The molecule has 0 aliphatic carbocycles. The highest BCUT2D eigenvalue weighted by Gasteiger charge is 2.13. The molecule has 0 heterocycles. The number of hydrogen-bond acceptors (Lipinski definition) is 3. The standard InChI is InChI=1S/C10H8F2O3/c1-6(13)15-5-10(14)8-3-2-7(11)4-9(8)12/h2-4H,5H2,1H3. The van der Waals surface area contributed by atoms with Crippen molar-refractivity contribution in [1.82, 2.24) is 0 Å². The predicted octanol–water partition coefficient (Wildman–Crippen LogP) is 1.71. The SMILES string of the molecule is CC(=O)OCC(=O)c1ccc(F)cc1F. The minimum Gasteiger partial charge on any atom is -0.457 e. The summed E-state index contributed by atoms with van der Waals surface area (Å²) in [7, 11) is 0. The summed E-state index contributed by atoms with van der Waals surface area (Å²) in [5.41, 5.74) is -0.294. The number of esters is 1. The normalized spacial score (nSPS) is 9.80. The molecule has 80 valence electrons. The van der Waals surface area contributed by atoms with Gasteiger partial charge in [0.15, 0.2) is 6.61 Å². The lowest BCUT2D eigenvalue weighted by atomic mass is 10.1. The molecule has 0 aliphatic heterocycles. The highest BCUT2D eigenvalue weighted by Crippen LogP contribution is 2.10. The number of ether oxygens (including phenoxy) is 1. The lowest BCUT2D eigenvalue weighted by Crippen LogP contribution is -2.13. The molecule has 0 fully saturated rings. The molecule has 0 spiro atoms. The second-order valence-electron chi connectivity index (χ2n) is 2.83. The van der Waals surface area contributed by atoms with E-state index >= 15 is 0 Å². The molecule has 1 aromatic carbocycles. The van der Waals surface area contributed by atoms with E-state index in [4.69, 9.17) is 0 Å². The molecule has 3 nitrogen and oxygen atoms in total. The Morgan fingerprint density at radius 2 is 2.00 bits per heavy atom. The van der Waals surface area contributed by atoms with E-state index in [1.54, 1.807) is 0 Å². The van der Waals surface area contributed by atoms with E-state index in [9.17, 15) is 18.4 Å². The van der Waals surface area contributed by atoms with Gasteiger partial charge >= 0.3 is 5.97 Å². The first-order chi connectivity index (χ1) is 7.00. The van der Waals surface area contributed by atoms with Crippen molar-refractivity contribution in [3.05, 3.63) is 35.4 Å². The Labute approximate surface area is 84.7 Å². The van der Waals surface area contributed by atoms with Crippen molar-refractivity contribution in [2.45, 2.75) is 6.92 Å². The van der Waals surface area contributed by atoms with E-state index in [2.05, 4.69) is 4.74 Å². The molecular weight excluding hydrogens is 206 g/mol. The maximum absolute atomic E-state index is 13.0. The van der Waals surface area contributed by atoms with Crippen molar-refractivity contribution < 1.29 is 23.1 Å². The zero-order valence-electron chi connectivity index (χ0n) is 7.92. The van der Waals surface area contributed by atoms with Gasteiger partial charge in [-0.1, -0.05) is 0 Å². The van der Waals surface area contributed by atoms with E-state index in [0.717, 1.165) is 19.1 Å². The van der Waals surface area contributed by atoms with E-state index < -0.39 is 30.0 Å². The Kier molecular flexibility index (Phi) is 3.49. The summed E-state index contributed by atoms with van der Waals surface area (Å²) in [5.74, 6) is -3.07. The van der Waals surface area contributed by atoms with Gasteiger partial charge in [-0.2, -0.15) is 0 Å². The van der Waals surface area contributed by atoms with Gasteiger partial charge in [0.2, 0.25) is 5.78 Å². The zero-order chi connectivity index (χ0) is 11.4. The number of carbonyl (C=O) groups is 2. The Bertz CT molecular complexity index is 402. The number of hydrogen-bond donors (Lipinski definition) is 0. The monoisotopic (exact) mass is 214 g/mol. The molecule has 0 unspecified atom stereocenters. The van der Waals surface area contributed by atoms with Gasteiger partial charge in [0.05, 0.1) is 5.56 Å². The Morgan fingerprint density at radius 3 is 2.53 bits per heavy atom. The number of carbonyl (C=O) groups excluding carboxylic acids is 2. The Hall–Kier alpha value is -1.78. The molecule has 0 aliphatic rings. The number of halogens is 2. The summed E-state index contributed by atoms with van der Waals surface area (Å²) in [4.78, 5) is 21.6. The number of benzene rings is 1. The van der Waals surface area contributed by atoms with Crippen LogP contribution in [0, 0.1) is 11.6 Å². The molecule has 15 heavy (non-hydrogen) atoms. The maximum Gasteiger partial charge on any atom is 0.303 e. The summed E-state index contributed by atoms with van der Waals surface area (Å²) in [6.45, 7) is 0.589. The minimum absolute atomic E-state index is 0.294. The van der Waals surface area contributed by atoms with Crippen LogP contribution >= 0.6 is 0 Å². The first kappa shape index (κ1) is 11.3. The Balaban J connectivity index is 2.78. The van der Waals surface area contributed by atoms with Crippen LogP contribution in [-0.4, -0.2) is 18.4 Å². The van der Waals surface area contributed by atoms with Gasteiger partial charge in [-0.05, 0) is 12.1 Å². The van der Waals surface area contributed by atoms with Crippen LogP contribution in [0.3, 0.4) is 0 Å². The molecular formula is C10H8F2O3. The number of ketones is 1. The van der Waals surface area contributed by atoms with E-state index in [-0.39, 0.29) is 5.56 Å². The van der Waals surface area contributed by atoms with Gasteiger partial charge in [0, 0.05) is 13.0 Å². The van der Waals surface area contributed by atoms with E-state index in [1.807, 2.05) is 0 Å². The minimum atomic E-state index is -0.966. The first-order valence-electron chi connectivity index (χ1n) is 4.12. The summed E-state index contributed by atoms with van der Waals surface area (Å²) in [6, 6.07) is 2.57. The fourth-order valence-electron chi connectivity index (χ4n) is 0.961. The van der Waals surface area contributed by atoms with Gasteiger partial charge in [0.25, 0.3) is 0 Å². The van der Waals surface area contributed by atoms with Crippen LogP contribution < -0.4 is 0 Å². The van der Waals surface area contributed by atoms with Crippen LogP contribution in [0.25, 0.3) is 0 Å². The average molecular weight is 214 g/mol. The molecule has 0 aromatic heterocycles. The van der Waals surface area contributed by atoms with Gasteiger partial charge in [-0.3, -0.25) is 9.59 Å². The summed E-state index contributed by atoms with van der Waals surface area (Å²) in [5, 5.41) is 0. The van der Waals surface area contributed by atoms with Gasteiger partial charge in [0.1, 0.15) is 11.6 Å². The van der Waals surface area contributed by atoms with Crippen LogP contribution in [0.1, 0.15) is 17.3 Å². The van der Waals surface area contributed by atoms with Crippen LogP contribution in [-0.2, 0) is 9.53 Å². The van der Waals surface area contributed by atoms with E-state index in [1.165, 1.54) is 0 Å². The van der Waals surface area contributed by atoms with Crippen LogP contribution in [0.15, 0.2) is 18.2 Å². The first-order valence-corrected chi connectivity index (χ1v) is 4.12. The fourth-order valence-corrected chi connectivity index (χ4v) is 0.961. The van der Waals surface area contributed by atoms with Crippen molar-refractivity contribution in [2.24, 2.45) is 0 Å². The third-order valence-corrected chi connectivity index (χ3v) is 1.64. The number of Topliss-reactive ketones (excluding diaryl/α,β-unsaturated/α-hetero) is 1. The highest BCUT2D eigenvalue weighted by atomic mass is 19.1. The zero-order valence-corrected chi connectivity index (χ0v) is 7.92. The van der Waals surface area contributed by atoms with Crippen molar-refractivity contribution in [2.75, 3.05) is 6.61 Å². The Morgan fingerprint density at radius 1 is 1.33 bits per heavy atom. The smallest absolute Gasteiger partial charge is 0.303 e. The molecule has 0 saturated carbocycles. The second kappa shape index (κ2) is 4.63. The summed E-state index contributed by atoms with van der Waals surface area (Å²) in [6.07, 6.45) is 0. The van der Waals surface area contributed by atoms with Crippen LogP contribution in [0.5, 0.6) is 0 Å². The second-order valence-corrected chi connectivity index (χ2v) is 2.83. The van der Waals surface area contributed by atoms with Crippen molar-refractivity contribution in [1.29, 1.82) is 0 Å². The van der Waals surface area contributed by atoms with Crippen LogP contribution in [0.4, 0.5) is 8.78 Å². The van der Waals surface area contributed by atoms with Crippen molar-refractivity contribution in [3.63, 3.8) is 0 Å². The molecule has 0 saturated heterocycles. The van der Waals surface area contributed by atoms with Crippen molar-refractivity contribution >= 4 is 11.8 Å². The molecule has 0 amide bonds. The summed E-state index contributed by atoms with van der Waals surface area (Å²) >= 11 is 0. The van der Waals surface area contributed by atoms with Crippen molar-refractivity contribution in [3.8, 4) is 0 Å². The van der Waals surface area contributed by atoms with Crippen LogP contribution in [0.2, 0.25) is 0 Å². The molecule has 1 aromatic rings. The molecule has 5 heteroatoms. The third-order valence-electron chi connectivity index (χ3n) is 1.64. The number of rotatable bonds is 3. The topological polar surface area (TPSA) is 43.4 Å². The van der Waals surface area contributed by atoms with Gasteiger partial charge in [-0.25, -0.2) is 8.78 Å². The lowest BCUT2D eigenvalue weighted by Gasteiger charge is -2.02. The molecule has 0 N–H and O–H groups in total. The highest BCUT2D eigenvalue weighted by molar-refractivity contribution is 5.98. The molecule has 0 bridgehead atoms. The predicted molar refractivity (Wildman–Crippen MR) is 47.3 cm³/mol. The average Bonchev–Trinajstić information content (AvgIpc) is 2.14.